The van der Waals surface area contributed by atoms with Crippen molar-refractivity contribution in [3.63, 3.8) is 0 Å². The standard InChI is InChI=1S/C13H18FNO2/c1-17-12-7-10(3-4-11(12)14)8-13(16)5-2-6-15-9-13/h3-4,7,15-16H,2,5-6,8-9H2,1H3. The van der Waals surface area contributed by atoms with Gasteiger partial charge in [-0.25, -0.2) is 4.39 Å². The van der Waals surface area contributed by atoms with Gasteiger partial charge in [-0.1, -0.05) is 6.07 Å². The van der Waals surface area contributed by atoms with Crippen LogP contribution in [0.25, 0.3) is 0 Å². The Morgan fingerprint density at radius 2 is 2.35 bits per heavy atom. The van der Waals surface area contributed by atoms with Crippen LogP contribution >= 0.6 is 0 Å². The molecule has 0 bridgehead atoms. The van der Waals surface area contributed by atoms with Crippen molar-refractivity contribution in [3.05, 3.63) is 29.6 Å². The number of nitrogens with one attached hydrogen (secondary N) is 1. The molecular formula is C13H18FNO2. The quantitative estimate of drug-likeness (QED) is 0.839. The molecule has 17 heavy (non-hydrogen) atoms. The third-order valence-electron chi connectivity index (χ3n) is 3.20. The number of benzene rings is 1. The van der Waals surface area contributed by atoms with Crippen LogP contribution in [0.2, 0.25) is 0 Å². The highest BCUT2D eigenvalue weighted by molar-refractivity contribution is 5.31. The number of β-amino-alcohol motifs (C(OH)–C–C–N with tert-alkyl or cyclic N) is 1. The van der Waals surface area contributed by atoms with Crippen molar-refractivity contribution in [3.8, 4) is 5.75 Å². The Hall–Kier alpha value is -1.13. The molecule has 1 aliphatic heterocycles. The first kappa shape index (κ1) is 12.3. The second-order valence-corrected chi connectivity index (χ2v) is 4.65. The molecule has 1 atom stereocenters. The summed E-state index contributed by atoms with van der Waals surface area (Å²) in [5.74, 6) is -0.139. The number of methoxy groups -OCH3 is 1. The molecular weight excluding hydrogens is 221 g/mol. The van der Waals surface area contributed by atoms with E-state index in [1.54, 1.807) is 12.1 Å². The number of rotatable bonds is 3. The predicted octanol–water partition coefficient (Wildman–Crippen LogP) is 1.49. The van der Waals surface area contributed by atoms with Crippen LogP contribution in [-0.2, 0) is 6.42 Å². The zero-order valence-electron chi connectivity index (χ0n) is 10.0. The summed E-state index contributed by atoms with van der Waals surface area (Å²) in [6.45, 7) is 1.54. The van der Waals surface area contributed by atoms with Gasteiger partial charge in [-0.3, -0.25) is 0 Å². The summed E-state index contributed by atoms with van der Waals surface area (Å²) in [7, 11) is 1.44. The van der Waals surface area contributed by atoms with Crippen LogP contribution in [0.3, 0.4) is 0 Å². The van der Waals surface area contributed by atoms with Gasteiger partial charge in [0, 0.05) is 13.0 Å². The van der Waals surface area contributed by atoms with E-state index >= 15 is 0 Å². The van der Waals surface area contributed by atoms with E-state index in [2.05, 4.69) is 5.32 Å². The minimum Gasteiger partial charge on any atom is -0.494 e. The number of hydrogen-bond donors (Lipinski definition) is 2. The number of halogens is 1. The molecule has 3 nitrogen and oxygen atoms in total. The fourth-order valence-electron chi connectivity index (χ4n) is 2.30. The lowest BCUT2D eigenvalue weighted by Crippen LogP contribution is -2.47. The van der Waals surface area contributed by atoms with E-state index in [9.17, 15) is 9.50 Å². The van der Waals surface area contributed by atoms with E-state index in [1.165, 1.54) is 13.2 Å². The molecule has 2 rings (SSSR count). The third-order valence-corrected chi connectivity index (χ3v) is 3.20. The highest BCUT2D eigenvalue weighted by Gasteiger charge is 2.29. The van der Waals surface area contributed by atoms with Crippen LogP contribution in [0.15, 0.2) is 18.2 Å². The highest BCUT2D eigenvalue weighted by atomic mass is 19.1. The molecule has 0 amide bonds. The maximum Gasteiger partial charge on any atom is 0.165 e. The van der Waals surface area contributed by atoms with Gasteiger partial charge in [-0.15, -0.1) is 0 Å². The van der Waals surface area contributed by atoms with Gasteiger partial charge in [0.15, 0.2) is 11.6 Å². The zero-order valence-corrected chi connectivity index (χ0v) is 10.0. The lowest BCUT2D eigenvalue weighted by molar-refractivity contribution is 0.0169. The average Bonchev–Trinajstić information content (AvgIpc) is 2.32. The van der Waals surface area contributed by atoms with Crippen molar-refractivity contribution in [2.75, 3.05) is 20.2 Å². The summed E-state index contributed by atoms with van der Waals surface area (Å²) >= 11 is 0. The SMILES string of the molecule is COc1cc(CC2(O)CCCNC2)ccc1F. The van der Waals surface area contributed by atoms with Gasteiger partial charge in [0.25, 0.3) is 0 Å². The Morgan fingerprint density at radius 1 is 1.53 bits per heavy atom. The van der Waals surface area contributed by atoms with E-state index < -0.39 is 5.60 Å². The second kappa shape index (κ2) is 5.02. The first-order valence-electron chi connectivity index (χ1n) is 5.88. The van der Waals surface area contributed by atoms with Crippen molar-refractivity contribution in [2.45, 2.75) is 24.9 Å². The maximum atomic E-state index is 13.2. The van der Waals surface area contributed by atoms with Crippen molar-refractivity contribution >= 4 is 0 Å². The van der Waals surface area contributed by atoms with E-state index in [0.29, 0.717) is 13.0 Å². The summed E-state index contributed by atoms with van der Waals surface area (Å²) in [5.41, 5.74) is 0.176. The largest absolute Gasteiger partial charge is 0.494 e. The molecule has 1 aromatic rings. The van der Waals surface area contributed by atoms with Crippen LogP contribution in [-0.4, -0.2) is 30.9 Å². The van der Waals surface area contributed by atoms with Gasteiger partial charge in [0.1, 0.15) is 0 Å². The fraction of sp³-hybridized carbons (Fsp3) is 0.538. The zero-order chi connectivity index (χ0) is 12.3. The molecule has 2 N–H and O–H groups in total. The summed E-state index contributed by atoms with van der Waals surface area (Å²) in [4.78, 5) is 0. The Bertz CT molecular complexity index is 389. The molecule has 1 fully saturated rings. The predicted molar refractivity (Wildman–Crippen MR) is 63.7 cm³/mol. The molecule has 4 heteroatoms. The first-order valence-corrected chi connectivity index (χ1v) is 5.88. The monoisotopic (exact) mass is 239 g/mol. The molecule has 0 aliphatic carbocycles. The van der Waals surface area contributed by atoms with Gasteiger partial charge in [0.05, 0.1) is 12.7 Å². The summed E-state index contributed by atoms with van der Waals surface area (Å²) in [5, 5.41) is 13.5. The molecule has 0 aromatic heterocycles. The molecule has 94 valence electrons. The number of hydrogen-bond acceptors (Lipinski definition) is 3. The van der Waals surface area contributed by atoms with Gasteiger partial charge in [-0.2, -0.15) is 0 Å². The van der Waals surface area contributed by atoms with Gasteiger partial charge < -0.3 is 15.2 Å². The van der Waals surface area contributed by atoms with Gasteiger partial charge >= 0.3 is 0 Å². The van der Waals surface area contributed by atoms with Crippen LogP contribution < -0.4 is 10.1 Å². The highest BCUT2D eigenvalue weighted by Crippen LogP contribution is 2.25. The minimum atomic E-state index is -0.721. The van der Waals surface area contributed by atoms with E-state index in [1.807, 2.05) is 0 Å². The molecule has 1 aromatic carbocycles. The second-order valence-electron chi connectivity index (χ2n) is 4.65. The summed E-state index contributed by atoms with van der Waals surface area (Å²) in [6.07, 6.45) is 2.27. The van der Waals surface area contributed by atoms with Crippen LogP contribution in [0.5, 0.6) is 5.75 Å². The normalized spacial score (nSPS) is 24.6. The van der Waals surface area contributed by atoms with Crippen molar-refractivity contribution in [2.24, 2.45) is 0 Å². The van der Waals surface area contributed by atoms with E-state index in [4.69, 9.17) is 4.74 Å². The van der Waals surface area contributed by atoms with Crippen LogP contribution in [0.4, 0.5) is 4.39 Å². The van der Waals surface area contributed by atoms with Crippen LogP contribution in [0.1, 0.15) is 18.4 Å². The molecule has 1 heterocycles. The third kappa shape index (κ3) is 2.96. The minimum absolute atomic E-state index is 0.231. The number of ether oxygens (including phenoxy) is 1. The molecule has 0 radical (unpaired) electrons. The molecule has 0 saturated carbocycles. The lowest BCUT2D eigenvalue weighted by Gasteiger charge is -2.32. The molecule has 1 unspecified atom stereocenters. The molecule has 1 aliphatic rings. The Morgan fingerprint density at radius 3 is 3.00 bits per heavy atom. The van der Waals surface area contributed by atoms with Crippen molar-refractivity contribution in [1.82, 2.24) is 5.32 Å². The molecule has 1 saturated heterocycles. The smallest absolute Gasteiger partial charge is 0.165 e. The summed E-state index contributed by atoms with van der Waals surface area (Å²) in [6, 6.07) is 4.74. The fourth-order valence-corrected chi connectivity index (χ4v) is 2.30. The van der Waals surface area contributed by atoms with Crippen molar-refractivity contribution in [1.29, 1.82) is 0 Å². The Balaban J connectivity index is 2.12. The van der Waals surface area contributed by atoms with Crippen molar-refractivity contribution < 1.29 is 14.2 Å². The van der Waals surface area contributed by atoms with E-state index in [0.717, 1.165) is 24.9 Å². The first-order chi connectivity index (χ1) is 8.13. The van der Waals surface area contributed by atoms with Gasteiger partial charge in [0.2, 0.25) is 0 Å². The average molecular weight is 239 g/mol. The number of aliphatic hydroxyl groups is 1. The van der Waals surface area contributed by atoms with Gasteiger partial charge in [-0.05, 0) is 37.1 Å². The van der Waals surface area contributed by atoms with E-state index in [-0.39, 0.29) is 11.6 Å². The lowest BCUT2D eigenvalue weighted by atomic mass is 9.87. The van der Waals surface area contributed by atoms with Crippen LogP contribution in [0, 0.1) is 5.82 Å². The maximum absolute atomic E-state index is 13.2. The topological polar surface area (TPSA) is 41.5 Å². The Kier molecular flexibility index (Phi) is 3.64. The summed E-state index contributed by atoms with van der Waals surface area (Å²) < 4.78 is 18.2. The molecule has 0 spiro atoms. The number of piperidine rings is 1. The Labute approximate surface area is 101 Å².